The first kappa shape index (κ1) is 13.8. The molecule has 0 aliphatic heterocycles. The third kappa shape index (κ3) is 3.42. The van der Waals surface area contributed by atoms with Gasteiger partial charge in [0, 0.05) is 9.30 Å². The van der Waals surface area contributed by atoms with Gasteiger partial charge in [0.15, 0.2) is 0 Å². The molecule has 0 radical (unpaired) electrons. The van der Waals surface area contributed by atoms with Gasteiger partial charge in [-0.1, -0.05) is 56.1 Å². The molecular formula is C15H13Br2F. The van der Waals surface area contributed by atoms with Crippen LogP contribution >= 0.6 is 31.9 Å². The Kier molecular flexibility index (Phi) is 4.57. The number of rotatable bonds is 3. The Hall–Kier alpha value is -0.670. The van der Waals surface area contributed by atoms with Gasteiger partial charge in [-0.2, -0.15) is 0 Å². The maximum absolute atomic E-state index is 13.5. The van der Waals surface area contributed by atoms with Crippen LogP contribution in [0.5, 0.6) is 0 Å². The zero-order valence-electron chi connectivity index (χ0n) is 9.96. The summed E-state index contributed by atoms with van der Waals surface area (Å²) in [4.78, 5) is 0.133. The number of halogens is 3. The molecule has 18 heavy (non-hydrogen) atoms. The van der Waals surface area contributed by atoms with Crippen LogP contribution in [0.1, 0.15) is 21.5 Å². The average molecular weight is 372 g/mol. The van der Waals surface area contributed by atoms with Crippen molar-refractivity contribution in [2.75, 3.05) is 0 Å². The van der Waals surface area contributed by atoms with E-state index in [1.165, 1.54) is 5.56 Å². The molecule has 0 spiro atoms. The highest BCUT2D eigenvalue weighted by atomic mass is 79.9. The van der Waals surface area contributed by atoms with E-state index < -0.39 is 0 Å². The van der Waals surface area contributed by atoms with E-state index in [1.54, 1.807) is 13.0 Å². The van der Waals surface area contributed by atoms with Crippen LogP contribution < -0.4 is 0 Å². The molecule has 0 aliphatic rings. The van der Waals surface area contributed by atoms with Crippen LogP contribution in [0.25, 0.3) is 0 Å². The molecule has 0 aromatic heterocycles. The Morgan fingerprint density at radius 1 is 1.11 bits per heavy atom. The Morgan fingerprint density at radius 3 is 2.39 bits per heavy atom. The van der Waals surface area contributed by atoms with Gasteiger partial charge < -0.3 is 0 Å². The van der Waals surface area contributed by atoms with E-state index in [-0.39, 0.29) is 10.6 Å². The van der Waals surface area contributed by atoms with E-state index >= 15 is 0 Å². The number of alkyl halides is 1. The molecular weight excluding hydrogens is 359 g/mol. The number of aryl methyl sites for hydroxylation is 1. The van der Waals surface area contributed by atoms with Gasteiger partial charge in [-0.25, -0.2) is 4.39 Å². The molecule has 1 atom stereocenters. The minimum absolute atomic E-state index is 0.133. The van der Waals surface area contributed by atoms with Crippen molar-refractivity contribution in [1.29, 1.82) is 0 Å². The molecule has 0 nitrogen and oxygen atoms in total. The molecule has 3 heteroatoms. The molecule has 0 N–H and O–H groups in total. The summed E-state index contributed by atoms with van der Waals surface area (Å²) in [5.74, 6) is -0.146. The van der Waals surface area contributed by atoms with Crippen molar-refractivity contribution in [2.24, 2.45) is 0 Å². The third-order valence-corrected chi connectivity index (χ3v) is 4.27. The largest absolute Gasteiger partial charge is 0.207 e. The van der Waals surface area contributed by atoms with Gasteiger partial charge in [-0.3, -0.25) is 0 Å². The zero-order chi connectivity index (χ0) is 13.1. The predicted molar refractivity (Wildman–Crippen MR) is 80.7 cm³/mol. The summed E-state index contributed by atoms with van der Waals surface area (Å²) >= 11 is 7.03. The Morgan fingerprint density at radius 2 is 1.78 bits per heavy atom. The van der Waals surface area contributed by atoms with Crippen LogP contribution in [-0.4, -0.2) is 0 Å². The molecule has 0 amide bonds. The smallest absolute Gasteiger partial charge is 0.126 e. The normalized spacial score (nSPS) is 12.4. The van der Waals surface area contributed by atoms with Crippen LogP contribution in [0.4, 0.5) is 4.39 Å². The SMILES string of the molecule is Cc1ccc(C(Br)Cc2ccc(Br)cc2)cc1F. The van der Waals surface area contributed by atoms with Gasteiger partial charge in [0.25, 0.3) is 0 Å². The highest BCUT2D eigenvalue weighted by molar-refractivity contribution is 9.10. The predicted octanol–water partition coefficient (Wildman–Crippen LogP) is 5.58. The second-order valence-corrected chi connectivity index (χ2v) is 6.33. The van der Waals surface area contributed by atoms with Crippen LogP contribution in [0.2, 0.25) is 0 Å². The lowest BCUT2D eigenvalue weighted by atomic mass is 10.0. The maximum atomic E-state index is 13.5. The molecule has 2 aromatic carbocycles. The number of hydrogen-bond donors (Lipinski definition) is 0. The van der Waals surface area contributed by atoms with Gasteiger partial charge in [-0.05, 0) is 48.2 Å². The molecule has 0 saturated heterocycles. The van der Waals surface area contributed by atoms with Gasteiger partial charge in [0.2, 0.25) is 0 Å². The second-order valence-electron chi connectivity index (χ2n) is 4.31. The molecule has 1 unspecified atom stereocenters. The summed E-state index contributed by atoms with van der Waals surface area (Å²) in [7, 11) is 0. The fraction of sp³-hybridized carbons (Fsp3) is 0.200. The van der Waals surface area contributed by atoms with Crippen molar-refractivity contribution in [3.8, 4) is 0 Å². The van der Waals surface area contributed by atoms with Crippen molar-refractivity contribution < 1.29 is 4.39 Å². The van der Waals surface area contributed by atoms with Crippen LogP contribution in [-0.2, 0) is 6.42 Å². The second kappa shape index (κ2) is 5.98. The lowest BCUT2D eigenvalue weighted by Gasteiger charge is -2.11. The van der Waals surface area contributed by atoms with Crippen molar-refractivity contribution in [3.63, 3.8) is 0 Å². The highest BCUT2D eigenvalue weighted by Gasteiger charge is 2.10. The highest BCUT2D eigenvalue weighted by Crippen LogP contribution is 2.28. The zero-order valence-corrected chi connectivity index (χ0v) is 13.1. The fourth-order valence-corrected chi connectivity index (χ4v) is 2.67. The van der Waals surface area contributed by atoms with Crippen molar-refractivity contribution in [3.05, 3.63) is 69.4 Å². The van der Waals surface area contributed by atoms with Gasteiger partial charge in [0.1, 0.15) is 5.82 Å². The minimum Gasteiger partial charge on any atom is -0.207 e. The Bertz CT molecular complexity index is 535. The van der Waals surface area contributed by atoms with Gasteiger partial charge >= 0.3 is 0 Å². The van der Waals surface area contributed by atoms with Crippen LogP contribution in [0, 0.1) is 12.7 Å². The number of hydrogen-bond acceptors (Lipinski definition) is 0. The summed E-state index contributed by atoms with van der Waals surface area (Å²) in [6.45, 7) is 1.77. The van der Waals surface area contributed by atoms with Crippen LogP contribution in [0.3, 0.4) is 0 Å². The topological polar surface area (TPSA) is 0 Å². The molecule has 0 aliphatic carbocycles. The molecule has 0 saturated carbocycles. The van der Waals surface area contributed by atoms with Crippen molar-refractivity contribution in [2.45, 2.75) is 18.2 Å². The van der Waals surface area contributed by atoms with E-state index in [1.807, 2.05) is 24.3 Å². The summed E-state index contributed by atoms with van der Waals surface area (Å²) < 4.78 is 14.6. The average Bonchev–Trinajstić information content (AvgIpc) is 2.35. The quantitative estimate of drug-likeness (QED) is 0.618. The molecule has 0 fully saturated rings. The Balaban J connectivity index is 2.13. The van der Waals surface area contributed by atoms with Crippen molar-refractivity contribution >= 4 is 31.9 Å². The monoisotopic (exact) mass is 370 g/mol. The third-order valence-electron chi connectivity index (χ3n) is 2.89. The Labute approximate surface area is 123 Å². The molecule has 0 heterocycles. The van der Waals surface area contributed by atoms with Crippen LogP contribution in [0.15, 0.2) is 46.9 Å². The minimum atomic E-state index is -0.146. The van der Waals surface area contributed by atoms with E-state index in [0.717, 1.165) is 16.5 Å². The molecule has 94 valence electrons. The van der Waals surface area contributed by atoms with E-state index in [9.17, 15) is 4.39 Å². The summed E-state index contributed by atoms with van der Waals surface area (Å²) in [6, 6.07) is 13.6. The molecule has 0 bridgehead atoms. The standard InChI is InChI=1S/C15H13Br2F/c1-10-2-5-12(9-15(10)18)14(17)8-11-3-6-13(16)7-4-11/h2-7,9,14H,8H2,1H3. The summed E-state index contributed by atoms with van der Waals surface area (Å²) in [5.41, 5.74) is 2.88. The lowest BCUT2D eigenvalue weighted by molar-refractivity contribution is 0.615. The van der Waals surface area contributed by atoms with Crippen molar-refractivity contribution in [1.82, 2.24) is 0 Å². The van der Waals surface area contributed by atoms with Gasteiger partial charge in [0.05, 0.1) is 0 Å². The fourth-order valence-electron chi connectivity index (χ4n) is 1.75. The molecule has 2 rings (SSSR count). The van der Waals surface area contributed by atoms with E-state index in [4.69, 9.17) is 0 Å². The first-order valence-corrected chi connectivity index (χ1v) is 7.41. The first-order chi connectivity index (χ1) is 8.56. The molecule has 2 aromatic rings. The summed E-state index contributed by atoms with van der Waals surface area (Å²) in [6.07, 6.45) is 0.843. The maximum Gasteiger partial charge on any atom is 0.126 e. The van der Waals surface area contributed by atoms with Gasteiger partial charge in [-0.15, -0.1) is 0 Å². The lowest BCUT2D eigenvalue weighted by Crippen LogP contribution is -1.97. The summed E-state index contributed by atoms with van der Waals surface area (Å²) in [5, 5.41) is 0. The van der Waals surface area contributed by atoms with E-state index in [0.29, 0.717) is 5.56 Å². The number of benzene rings is 2. The first-order valence-electron chi connectivity index (χ1n) is 5.71. The van der Waals surface area contributed by atoms with E-state index in [2.05, 4.69) is 44.0 Å².